The summed E-state index contributed by atoms with van der Waals surface area (Å²) < 4.78 is 0. The summed E-state index contributed by atoms with van der Waals surface area (Å²) in [7, 11) is 0. The van der Waals surface area contributed by atoms with E-state index in [-0.39, 0.29) is 23.6 Å². The Hall–Kier alpha value is -1.79. The number of ketones is 1. The molecule has 2 aromatic rings. The second-order valence-electron chi connectivity index (χ2n) is 6.14. The fourth-order valence-electron chi connectivity index (χ4n) is 3.24. The first-order valence-electron chi connectivity index (χ1n) is 7.80. The molecule has 0 fully saturated rings. The molecule has 0 amide bonds. The highest BCUT2D eigenvalue weighted by Gasteiger charge is 2.40. The molecule has 1 heterocycles. The zero-order chi connectivity index (χ0) is 19.0. The molecule has 2 aromatic carbocycles. The molecule has 0 aliphatic carbocycles. The third-order valence-electron chi connectivity index (χ3n) is 4.43. The van der Waals surface area contributed by atoms with Crippen LogP contribution >= 0.6 is 34.8 Å². The largest absolute Gasteiger partial charge is 0.480 e. The van der Waals surface area contributed by atoms with Crippen molar-refractivity contribution in [1.29, 1.82) is 0 Å². The van der Waals surface area contributed by atoms with Crippen LogP contribution in [0.2, 0.25) is 15.1 Å². The number of halogens is 3. The van der Waals surface area contributed by atoms with Crippen molar-refractivity contribution in [3.8, 4) is 0 Å². The van der Waals surface area contributed by atoms with E-state index < -0.39 is 17.9 Å². The van der Waals surface area contributed by atoms with Gasteiger partial charge in [-0.2, -0.15) is 0 Å². The summed E-state index contributed by atoms with van der Waals surface area (Å²) in [6.07, 6.45) is 0.139. The lowest BCUT2D eigenvalue weighted by molar-refractivity contribution is -0.139. The van der Waals surface area contributed by atoms with Crippen LogP contribution in [0.25, 0.3) is 0 Å². The van der Waals surface area contributed by atoms with Crippen molar-refractivity contribution in [2.45, 2.75) is 24.8 Å². The van der Waals surface area contributed by atoms with E-state index in [4.69, 9.17) is 40.6 Å². The van der Waals surface area contributed by atoms with Crippen LogP contribution in [0.15, 0.2) is 36.4 Å². The van der Waals surface area contributed by atoms with Crippen LogP contribution < -0.4 is 10.9 Å². The van der Waals surface area contributed by atoms with Crippen LogP contribution in [-0.4, -0.2) is 22.9 Å². The number of carboxylic acids is 1. The van der Waals surface area contributed by atoms with Crippen molar-refractivity contribution in [3.63, 3.8) is 0 Å². The Kier molecular flexibility index (Phi) is 5.44. The number of hydrazine groups is 1. The molecule has 0 saturated carbocycles. The molecular formula is C18H15Cl3N2O3. The maximum Gasteiger partial charge on any atom is 0.327 e. The van der Waals surface area contributed by atoms with Gasteiger partial charge in [0.2, 0.25) is 0 Å². The topological polar surface area (TPSA) is 83.6 Å². The number of hydrogen-bond acceptors (Lipinski definition) is 4. The molecule has 0 radical (unpaired) electrons. The van der Waals surface area contributed by atoms with E-state index in [0.29, 0.717) is 21.3 Å². The molecule has 2 atom stereocenters. The minimum absolute atomic E-state index is 0.0274. The van der Waals surface area contributed by atoms with Crippen LogP contribution in [0.1, 0.15) is 23.5 Å². The predicted octanol–water partition coefficient (Wildman–Crippen LogP) is 4.08. The first kappa shape index (κ1) is 19.0. The molecule has 0 spiro atoms. The number of carboxylic acid groups (broad SMARTS) is 1. The second kappa shape index (κ2) is 7.45. The number of anilines is 1. The van der Waals surface area contributed by atoms with Gasteiger partial charge in [0, 0.05) is 33.0 Å². The molecule has 2 unspecified atom stereocenters. The van der Waals surface area contributed by atoms with Gasteiger partial charge in [-0.25, -0.2) is 10.6 Å². The second-order valence-corrected chi connectivity index (χ2v) is 7.42. The summed E-state index contributed by atoms with van der Waals surface area (Å²) in [6.45, 7) is 0. The number of carbonyl (C=O) groups is 2. The molecule has 3 N–H and O–H groups in total. The van der Waals surface area contributed by atoms with Crippen molar-refractivity contribution in [3.05, 3.63) is 62.6 Å². The quantitative estimate of drug-likeness (QED) is 0.738. The SMILES string of the molecule is NN1c2cc(Cl)cc(Cl)c2C(C(=O)Cc2cccc(Cl)c2)CC1C(=O)O. The monoisotopic (exact) mass is 412 g/mol. The molecule has 1 aliphatic heterocycles. The van der Waals surface area contributed by atoms with Crippen LogP contribution in [0.5, 0.6) is 0 Å². The number of nitrogens with zero attached hydrogens (tertiary/aromatic N) is 1. The Bertz CT molecular complexity index is 888. The molecule has 3 rings (SSSR count). The summed E-state index contributed by atoms with van der Waals surface area (Å²) >= 11 is 18.3. The number of nitrogens with two attached hydrogens (primary N) is 1. The molecular weight excluding hydrogens is 399 g/mol. The molecule has 0 aromatic heterocycles. The Morgan fingerprint density at radius 1 is 1.15 bits per heavy atom. The minimum Gasteiger partial charge on any atom is -0.480 e. The molecule has 5 nitrogen and oxygen atoms in total. The molecule has 0 saturated heterocycles. The number of hydrogen-bond donors (Lipinski definition) is 2. The van der Waals surface area contributed by atoms with Crippen LogP contribution in [0, 0.1) is 0 Å². The number of aliphatic carboxylic acids is 1. The maximum atomic E-state index is 13.0. The van der Waals surface area contributed by atoms with E-state index in [2.05, 4.69) is 0 Å². The fraction of sp³-hybridized carbons (Fsp3) is 0.222. The minimum atomic E-state index is -1.12. The number of rotatable bonds is 4. The average Bonchev–Trinajstić information content (AvgIpc) is 2.55. The van der Waals surface area contributed by atoms with Crippen molar-refractivity contribution in [2.24, 2.45) is 5.84 Å². The van der Waals surface area contributed by atoms with Crippen molar-refractivity contribution in [2.75, 3.05) is 5.01 Å². The van der Waals surface area contributed by atoms with Gasteiger partial charge in [0.05, 0.1) is 5.69 Å². The third kappa shape index (κ3) is 3.67. The van der Waals surface area contributed by atoms with E-state index in [1.54, 1.807) is 24.3 Å². The summed E-state index contributed by atoms with van der Waals surface area (Å²) in [5.74, 6) is 4.00. The molecule has 1 aliphatic rings. The van der Waals surface area contributed by atoms with E-state index in [1.165, 1.54) is 12.1 Å². The van der Waals surface area contributed by atoms with Crippen molar-refractivity contribution < 1.29 is 14.7 Å². The zero-order valence-corrected chi connectivity index (χ0v) is 15.7. The number of Topliss-reactive ketones (excluding diaryl/α,β-unsaturated/α-hetero) is 1. The van der Waals surface area contributed by atoms with Gasteiger partial charge in [0.1, 0.15) is 11.8 Å². The van der Waals surface area contributed by atoms with Gasteiger partial charge in [0.25, 0.3) is 0 Å². The van der Waals surface area contributed by atoms with Gasteiger partial charge in [-0.1, -0.05) is 46.9 Å². The summed E-state index contributed by atoms with van der Waals surface area (Å²) in [5, 5.41) is 11.7. The van der Waals surface area contributed by atoms with E-state index in [1.807, 2.05) is 0 Å². The van der Waals surface area contributed by atoms with E-state index >= 15 is 0 Å². The Morgan fingerprint density at radius 3 is 2.54 bits per heavy atom. The normalized spacial score (nSPS) is 19.2. The molecule has 26 heavy (non-hydrogen) atoms. The van der Waals surface area contributed by atoms with Gasteiger partial charge >= 0.3 is 5.97 Å². The highest BCUT2D eigenvalue weighted by atomic mass is 35.5. The number of fused-ring (bicyclic) bond motifs is 1. The first-order chi connectivity index (χ1) is 12.3. The van der Waals surface area contributed by atoms with Gasteiger partial charge < -0.3 is 5.11 Å². The van der Waals surface area contributed by atoms with Gasteiger partial charge in [-0.05, 0) is 36.2 Å². The van der Waals surface area contributed by atoms with E-state index in [9.17, 15) is 14.7 Å². The summed E-state index contributed by atoms with van der Waals surface area (Å²) in [6, 6.07) is 8.97. The number of carbonyl (C=O) groups excluding carboxylic acids is 1. The Labute approximate surface area is 165 Å². The Morgan fingerprint density at radius 2 is 1.88 bits per heavy atom. The van der Waals surface area contributed by atoms with Gasteiger partial charge in [-0.15, -0.1) is 0 Å². The fourth-order valence-corrected chi connectivity index (χ4v) is 4.06. The lowest BCUT2D eigenvalue weighted by Gasteiger charge is -2.37. The third-order valence-corrected chi connectivity index (χ3v) is 5.20. The summed E-state index contributed by atoms with van der Waals surface area (Å²) in [4.78, 5) is 24.6. The zero-order valence-electron chi connectivity index (χ0n) is 13.5. The number of benzene rings is 2. The first-order valence-corrected chi connectivity index (χ1v) is 8.94. The molecule has 0 bridgehead atoms. The van der Waals surface area contributed by atoms with Gasteiger partial charge in [0.15, 0.2) is 0 Å². The van der Waals surface area contributed by atoms with Crippen LogP contribution in [0.3, 0.4) is 0 Å². The van der Waals surface area contributed by atoms with Crippen LogP contribution in [0.4, 0.5) is 5.69 Å². The lowest BCUT2D eigenvalue weighted by atomic mass is 9.81. The Balaban J connectivity index is 2.02. The predicted molar refractivity (Wildman–Crippen MR) is 102 cm³/mol. The summed E-state index contributed by atoms with van der Waals surface area (Å²) in [5.41, 5.74) is 1.60. The van der Waals surface area contributed by atoms with E-state index in [0.717, 1.165) is 10.6 Å². The highest BCUT2D eigenvalue weighted by molar-refractivity contribution is 6.36. The standard InChI is InChI=1S/C18H15Cl3N2O3/c19-10-3-1-2-9(4-10)5-16(24)12-8-15(18(25)26)23(22)14-7-11(20)6-13(21)17(12)14/h1-4,6-7,12,15H,5,8,22H2,(H,25,26). The smallest absolute Gasteiger partial charge is 0.327 e. The van der Waals surface area contributed by atoms with Crippen molar-refractivity contribution >= 4 is 52.2 Å². The molecule has 8 heteroatoms. The highest BCUT2D eigenvalue weighted by Crippen LogP contribution is 2.43. The lowest BCUT2D eigenvalue weighted by Crippen LogP contribution is -2.51. The average molecular weight is 414 g/mol. The van der Waals surface area contributed by atoms with Gasteiger partial charge in [-0.3, -0.25) is 9.80 Å². The maximum absolute atomic E-state index is 13.0. The van der Waals surface area contributed by atoms with Crippen molar-refractivity contribution in [1.82, 2.24) is 0 Å². The molecule has 136 valence electrons. The van der Waals surface area contributed by atoms with Crippen LogP contribution in [-0.2, 0) is 16.0 Å².